The molecule has 90 valence electrons. The van der Waals surface area contributed by atoms with Gasteiger partial charge in [0.1, 0.15) is 5.76 Å². The predicted molar refractivity (Wildman–Crippen MR) is 62.0 cm³/mol. The first kappa shape index (κ1) is 12.7. The second-order valence-electron chi connectivity index (χ2n) is 3.52. The molecule has 4 nitrogen and oxygen atoms in total. The Morgan fingerprint density at radius 2 is 2.19 bits per heavy atom. The van der Waals surface area contributed by atoms with Crippen molar-refractivity contribution in [3.63, 3.8) is 0 Å². The van der Waals surface area contributed by atoms with Crippen LogP contribution >= 0.6 is 0 Å². The number of oxazole rings is 1. The van der Waals surface area contributed by atoms with Gasteiger partial charge in [-0.15, -0.1) is 0 Å². The van der Waals surface area contributed by atoms with Gasteiger partial charge in [0.05, 0.1) is 12.2 Å². The van der Waals surface area contributed by atoms with Crippen molar-refractivity contribution in [3.8, 4) is 0 Å². The summed E-state index contributed by atoms with van der Waals surface area (Å²) in [7, 11) is 0. The van der Waals surface area contributed by atoms with Crippen molar-refractivity contribution in [2.24, 2.45) is 0 Å². The number of carbonyl (C=O) groups is 1. The summed E-state index contributed by atoms with van der Waals surface area (Å²) in [6.07, 6.45) is 1.38. The highest BCUT2D eigenvalue weighted by Crippen LogP contribution is 2.19. The first-order valence-corrected chi connectivity index (χ1v) is 5.93. The van der Waals surface area contributed by atoms with Gasteiger partial charge in [0.25, 0.3) is 0 Å². The van der Waals surface area contributed by atoms with Crippen LogP contribution in [-0.2, 0) is 17.8 Å². The zero-order valence-electron chi connectivity index (χ0n) is 10.5. The van der Waals surface area contributed by atoms with Crippen molar-refractivity contribution < 1.29 is 9.21 Å². The third-order valence-electron chi connectivity index (χ3n) is 2.49. The van der Waals surface area contributed by atoms with Crippen LogP contribution in [-0.4, -0.2) is 22.3 Å². The number of aryl methyl sites for hydroxylation is 1. The minimum Gasteiger partial charge on any atom is -0.444 e. The quantitative estimate of drug-likeness (QED) is 0.735. The zero-order valence-corrected chi connectivity index (χ0v) is 10.5. The smallest absolute Gasteiger partial charge is 0.222 e. The fourth-order valence-electron chi connectivity index (χ4n) is 1.76. The summed E-state index contributed by atoms with van der Waals surface area (Å²) in [6.45, 7) is 9.07. The van der Waals surface area contributed by atoms with Gasteiger partial charge in [0.15, 0.2) is 5.89 Å². The molecule has 0 saturated heterocycles. The number of aromatic nitrogens is 1. The number of fused-ring (bicyclic) bond motifs is 1. The van der Waals surface area contributed by atoms with Crippen LogP contribution in [0.3, 0.4) is 0 Å². The highest BCUT2D eigenvalue weighted by atomic mass is 16.4. The van der Waals surface area contributed by atoms with E-state index in [9.17, 15) is 4.79 Å². The predicted octanol–water partition coefficient (Wildman–Crippen LogP) is 2.30. The first-order chi connectivity index (χ1) is 7.70. The van der Waals surface area contributed by atoms with E-state index in [1.165, 1.54) is 0 Å². The summed E-state index contributed by atoms with van der Waals surface area (Å²) in [5, 5.41) is 0. The van der Waals surface area contributed by atoms with Crippen LogP contribution in [0.1, 0.15) is 44.5 Å². The van der Waals surface area contributed by atoms with Crippen molar-refractivity contribution in [2.75, 3.05) is 6.54 Å². The molecular weight excluding hydrogens is 204 g/mol. The Bertz CT molecular complexity index is 358. The largest absolute Gasteiger partial charge is 0.444 e. The van der Waals surface area contributed by atoms with Gasteiger partial charge < -0.3 is 9.32 Å². The van der Waals surface area contributed by atoms with Gasteiger partial charge in [-0.1, -0.05) is 20.8 Å². The van der Waals surface area contributed by atoms with Gasteiger partial charge in [-0.05, 0) is 0 Å². The van der Waals surface area contributed by atoms with E-state index < -0.39 is 0 Å². The summed E-state index contributed by atoms with van der Waals surface area (Å²) in [5.74, 6) is 1.74. The Balaban J connectivity index is 0.000000606. The molecule has 0 spiro atoms. The topological polar surface area (TPSA) is 46.3 Å². The molecule has 16 heavy (non-hydrogen) atoms. The van der Waals surface area contributed by atoms with E-state index in [1.54, 1.807) is 0 Å². The van der Waals surface area contributed by atoms with E-state index in [1.807, 2.05) is 32.6 Å². The molecule has 0 fully saturated rings. The summed E-state index contributed by atoms with van der Waals surface area (Å²) < 4.78 is 5.43. The molecule has 2 rings (SSSR count). The normalized spacial score (nSPS) is 13.9. The van der Waals surface area contributed by atoms with Crippen molar-refractivity contribution in [1.82, 2.24) is 9.88 Å². The second kappa shape index (κ2) is 5.68. The molecule has 0 saturated carbocycles. The summed E-state index contributed by atoms with van der Waals surface area (Å²) in [6, 6.07) is 0. The molecule has 0 aromatic carbocycles. The highest BCUT2D eigenvalue weighted by molar-refractivity contribution is 5.76. The van der Waals surface area contributed by atoms with E-state index in [2.05, 4.69) is 4.98 Å². The Morgan fingerprint density at radius 3 is 2.81 bits per heavy atom. The maximum absolute atomic E-state index is 11.4. The molecule has 0 bridgehead atoms. The number of nitrogens with zero attached hydrogens (tertiary/aromatic N) is 2. The minimum absolute atomic E-state index is 0.185. The van der Waals surface area contributed by atoms with Crippen molar-refractivity contribution in [3.05, 3.63) is 17.3 Å². The SMILES string of the molecule is CC.CCC(=O)N1CCc2nc(C)oc2C1. The average Bonchev–Trinajstić information content (AvgIpc) is 2.69. The molecule has 1 aromatic heterocycles. The first-order valence-electron chi connectivity index (χ1n) is 5.93. The van der Waals surface area contributed by atoms with Crippen LogP contribution in [0.4, 0.5) is 0 Å². The maximum atomic E-state index is 11.4. The summed E-state index contributed by atoms with van der Waals surface area (Å²) in [5.41, 5.74) is 1.02. The third-order valence-corrected chi connectivity index (χ3v) is 2.49. The molecule has 0 atom stereocenters. The summed E-state index contributed by atoms with van der Waals surface area (Å²) in [4.78, 5) is 17.5. The molecule has 4 heteroatoms. The van der Waals surface area contributed by atoms with Crippen molar-refractivity contribution in [1.29, 1.82) is 0 Å². The van der Waals surface area contributed by atoms with E-state index in [4.69, 9.17) is 4.42 Å². The van der Waals surface area contributed by atoms with Gasteiger partial charge >= 0.3 is 0 Å². The number of carbonyl (C=O) groups excluding carboxylic acids is 1. The van der Waals surface area contributed by atoms with E-state index in [-0.39, 0.29) is 5.91 Å². The van der Waals surface area contributed by atoms with E-state index >= 15 is 0 Å². The fourth-order valence-corrected chi connectivity index (χ4v) is 1.76. The lowest BCUT2D eigenvalue weighted by molar-refractivity contribution is -0.132. The Labute approximate surface area is 96.7 Å². The maximum Gasteiger partial charge on any atom is 0.222 e. The van der Waals surface area contributed by atoms with Gasteiger partial charge in [-0.3, -0.25) is 4.79 Å². The van der Waals surface area contributed by atoms with Gasteiger partial charge in [-0.2, -0.15) is 0 Å². The molecule has 0 radical (unpaired) electrons. The molecule has 0 unspecified atom stereocenters. The van der Waals surface area contributed by atoms with Gasteiger partial charge in [-0.25, -0.2) is 4.98 Å². The van der Waals surface area contributed by atoms with Crippen LogP contribution in [0.15, 0.2) is 4.42 Å². The Morgan fingerprint density at radius 1 is 1.50 bits per heavy atom. The van der Waals surface area contributed by atoms with E-state index in [0.29, 0.717) is 18.9 Å². The molecular formula is C12H20N2O2. The third kappa shape index (κ3) is 2.62. The fraction of sp³-hybridized carbons (Fsp3) is 0.667. The lowest BCUT2D eigenvalue weighted by Crippen LogP contribution is -2.35. The second-order valence-corrected chi connectivity index (χ2v) is 3.52. The van der Waals surface area contributed by atoms with Gasteiger partial charge in [0.2, 0.25) is 5.91 Å². The lowest BCUT2D eigenvalue weighted by atomic mass is 10.1. The molecule has 1 aliphatic rings. The number of hydrogen-bond donors (Lipinski definition) is 0. The number of amides is 1. The van der Waals surface area contributed by atoms with Gasteiger partial charge in [0, 0.05) is 26.3 Å². The summed E-state index contributed by atoms with van der Waals surface area (Å²) >= 11 is 0. The van der Waals surface area contributed by atoms with Crippen molar-refractivity contribution in [2.45, 2.75) is 47.1 Å². The van der Waals surface area contributed by atoms with Crippen LogP contribution in [0, 0.1) is 6.92 Å². The van der Waals surface area contributed by atoms with Crippen LogP contribution in [0.2, 0.25) is 0 Å². The number of rotatable bonds is 1. The standard InChI is InChI=1S/C10H14N2O2.C2H6/c1-3-10(13)12-5-4-8-9(6-12)14-7(2)11-8;1-2/h3-6H2,1-2H3;1-2H3. The molecule has 2 heterocycles. The van der Waals surface area contributed by atoms with Crippen LogP contribution in [0.25, 0.3) is 0 Å². The minimum atomic E-state index is 0.185. The number of hydrogen-bond acceptors (Lipinski definition) is 3. The molecule has 1 amide bonds. The molecule has 1 aliphatic heterocycles. The molecule has 0 aliphatic carbocycles. The average molecular weight is 224 g/mol. The lowest BCUT2D eigenvalue weighted by Gasteiger charge is -2.24. The van der Waals surface area contributed by atoms with E-state index in [0.717, 1.165) is 24.4 Å². The molecule has 0 N–H and O–H groups in total. The zero-order chi connectivity index (χ0) is 12.1. The molecule has 1 aromatic rings. The van der Waals surface area contributed by atoms with Crippen LogP contribution < -0.4 is 0 Å². The Hall–Kier alpha value is -1.32. The monoisotopic (exact) mass is 224 g/mol. The van der Waals surface area contributed by atoms with Crippen LogP contribution in [0.5, 0.6) is 0 Å². The highest BCUT2D eigenvalue weighted by Gasteiger charge is 2.23. The Kier molecular flexibility index (Phi) is 4.52. The van der Waals surface area contributed by atoms with Crippen molar-refractivity contribution >= 4 is 5.91 Å².